The van der Waals surface area contributed by atoms with Crippen LogP contribution in [0.3, 0.4) is 0 Å². The second-order valence-corrected chi connectivity index (χ2v) is 7.13. The number of esters is 2. The first-order valence-electron chi connectivity index (χ1n) is 9.46. The highest BCUT2D eigenvalue weighted by Crippen LogP contribution is 2.37. The number of hydrogen-bond acceptors (Lipinski definition) is 7. The van der Waals surface area contributed by atoms with Gasteiger partial charge in [-0.15, -0.1) is 0 Å². The van der Waals surface area contributed by atoms with Crippen LogP contribution in [0.5, 0.6) is 0 Å². The third-order valence-electron chi connectivity index (χ3n) is 5.35. The summed E-state index contributed by atoms with van der Waals surface area (Å²) < 4.78 is 16.7. The van der Waals surface area contributed by atoms with Gasteiger partial charge in [0.05, 0.1) is 18.4 Å². The summed E-state index contributed by atoms with van der Waals surface area (Å²) in [5.74, 6) is -2.13. The van der Waals surface area contributed by atoms with Gasteiger partial charge in [0, 0.05) is 18.3 Å². The molecule has 154 valence electrons. The van der Waals surface area contributed by atoms with Crippen LogP contribution in [0, 0.1) is 11.8 Å². The molecule has 0 saturated carbocycles. The summed E-state index contributed by atoms with van der Waals surface area (Å²) in [5.41, 5.74) is 1.13. The Labute approximate surface area is 165 Å². The van der Waals surface area contributed by atoms with Crippen molar-refractivity contribution in [2.24, 2.45) is 11.8 Å². The monoisotopic (exact) mass is 392 g/mol. The Morgan fingerprint density at radius 3 is 2.79 bits per heavy atom. The van der Waals surface area contributed by atoms with Crippen molar-refractivity contribution in [3.05, 3.63) is 35.5 Å². The summed E-state index contributed by atoms with van der Waals surface area (Å²) in [7, 11) is 1.42. The van der Waals surface area contributed by atoms with E-state index in [1.165, 1.54) is 7.11 Å². The minimum absolute atomic E-state index is 0.147. The maximum absolute atomic E-state index is 12.6. The zero-order valence-corrected chi connectivity index (χ0v) is 16.6. The number of ether oxygens (including phenoxy) is 3. The summed E-state index contributed by atoms with van der Waals surface area (Å²) in [6.07, 6.45) is 3.01. The van der Waals surface area contributed by atoms with Crippen LogP contribution < -0.4 is 0 Å². The van der Waals surface area contributed by atoms with Crippen LogP contribution in [0.2, 0.25) is 0 Å². The van der Waals surface area contributed by atoms with E-state index in [0.29, 0.717) is 36.7 Å². The average Bonchev–Trinajstić information content (AvgIpc) is 2.97. The average molecular weight is 392 g/mol. The maximum atomic E-state index is 12.6. The van der Waals surface area contributed by atoms with E-state index in [-0.39, 0.29) is 18.1 Å². The lowest BCUT2D eigenvalue weighted by molar-refractivity contribution is -0.164. The van der Waals surface area contributed by atoms with Crippen LogP contribution >= 0.6 is 0 Å². The number of carbonyl (C=O) groups excluding carboxylic acids is 3. The van der Waals surface area contributed by atoms with Gasteiger partial charge in [-0.05, 0) is 30.9 Å². The minimum Gasteiger partial charge on any atom is -0.458 e. The van der Waals surface area contributed by atoms with Crippen molar-refractivity contribution in [3.63, 3.8) is 0 Å². The van der Waals surface area contributed by atoms with Crippen molar-refractivity contribution in [1.29, 1.82) is 0 Å². The fourth-order valence-electron chi connectivity index (χ4n) is 3.43. The van der Waals surface area contributed by atoms with E-state index in [2.05, 4.69) is 6.58 Å². The van der Waals surface area contributed by atoms with Gasteiger partial charge in [-0.25, -0.2) is 4.79 Å². The molecule has 1 fully saturated rings. The third-order valence-corrected chi connectivity index (χ3v) is 5.35. The molecule has 2 aliphatic rings. The smallest absolute Gasteiger partial charge is 0.334 e. The fraction of sp³-hybridized carbons (Fsp3) is 0.571. The summed E-state index contributed by atoms with van der Waals surface area (Å²) in [4.78, 5) is 36.5. The molecule has 1 aliphatic carbocycles. The normalized spacial score (nSPS) is 32.9. The second-order valence-electron chi connectivity index (χ2n) is 7.13. The summed E-state index contributed by atoms with van der Waals surface area (Å²) in [6, 6.07) is 0. The number of aldehydes is 1. The minimum atomic E-state index is -0.971. The Morgan fingerprint density at radius 1 is 1.50 bits per heavy atom. The van der Waals surface area contributed by atoms with E-state index in [9.17, 15) is 19.5 Å². The molecule has 1 aliphatic heterocycles. The molecule has 0 unspecified atom stereocenters. The molecule has 1 N–H and O–H groups in total. The third kappa shape index (κ3) is 4.59. The zero-order chi connectivity index (χ0) is 20.8. The van der Waals surface area contributed by atoms with Crippen molar-refractivity contribution in [2.75, 3.05) is 13.7 Å². The van der Waals surface area contributed by atoms with Gasteiger partial charge in [-0.1, -0.05) is 26.5 Å². The van der Waals surface area contributed by atoms with Gasteiger partial charge in [0.25, 0.3) is 0 Å². The Bertz CT molecular complexity index is 691. The van der Waals surface area contributed by atoms with E-state index >= 15 is 0 Å². The quantitative estimate of drug-likeness (QED) is 0.319. The summed E-state index contributed by atoms with van der Waals surface area (Å²) in [6.45, 7) is 7.22. The molecule has 2 rings (SSSR count). The number of aliphatic hydroxyl groups is 1. The molecular weight excluding hydrogens is 364 g/mol. The predicted molar refractivity (Wildman–Crippen MR) is 101 cm³/mol. The van der Waals surface area contributed by atoms with Crippen LogP contribution in [0.25, 0.3) is 0 Å². The molecular formula is C21H28O7. The highest BCUT2D eigenvalue weighted by molar-refractivity contribution is 5.91. The molecule has 0 spiro atoms. The lowest BCUT2D eigenvalue weighted by Crippen LogP contribution is -2.44. The van der Waals surface area contributed by atoms with E-state index in [1.807, 2.05) is 6.92 Å². The van der Waals surface area contributed by atoms with Crippen molar-refractivity contribution in [2.45, 2.75) is 51.4 Å². The van der Waals surface area contributed by atoms with Gasteiger partial charge in [-0.3, -0.25) is 9.59 Å². The van der Waals surface area contributed by atoms with Crippen LogP contribution in [0.15, 0.2) is 35.5 Å². The molecule has 0 radical (unpaired) electrons. The molecule has 5 atom stereocenters. The molecule has 0 aromatic heterocycles. The van der Waals surface area contributed by atoms with Gasteiger partial charge >= 0.3 is 11.9 Å². The van der Waals surface area contributed by atoms with Gasteiger partial charge in [0.1, 0.15) is 24.6 Å². The van der Waals surface area contributed by atoms with Crippen LogP contribution in [0.1, 0.15) is 33.1 Å². The Hall–Kier alpha value is -2.25. The number of methoxy groups -OCH3 is 1. The number of fused-ring (bicyclic) bond motifs is 1. The van der Waals surface area contributed by atoms with E-state index in [1.54, 1.807) is 19.1 Å². The van der Waals surface area contributed by atoms with E-state index in [4.69, 9.17) is 14.2 Å². The zero-order valence-electron chi connectivity index (χ0n) is 16.6. The number of carbonyl (C=O) groups is 3. The Balaban J connectivity index is 2.56. The van der Waals surface area contributed by atoms with Crippen molar-refractivity contribution < 1.29 is 33.7 Å². The Kier molecular flexibility index (Phi) is 7.71. The maximum Gasteiger partial charge on any atom is 0.334 e. The van der Waals surface area contributed by atoms with Crippen molar-refractivity contribution >= 4 is 18.2 Å². The first-order valence-corrected chi connectivity index (χ1v) is 9.46. The van der Waals surface area contributed by atoms with E-state index < -0.39 is 36.2 Å². The SMILES string of the molecule is C=C1C(=O)O[C@@H]2/C=C(/CO)CC/C=C(/C=O)[C@H](OC)[C@@H](OC(=O)[C@H](C)CC)[C@@H]12. The molecule has 28 heavy (non-hydrogen) atoms. The number of hydrogen-bond donors (Lipinski definition) is 1. The molecule has 7 heteroatoms. The Morgan fingerprint density at radius 2 is 2.21 bits per heavy atom. The van der Waals surface area contributed by atoms with Gasteiger partial charge in [-0.2, -0.15) is 0 Å². The summed E-state index contributed by atoms with van der Waals surface area (Å²) >= 11 is 0. The van der Waals surface area contributed by atoms with Crippen LogP contribution in [-0.4, -0.2) is 55.4 Å². The van der Waals surface area contributed by atoms with Crippen LogP contribution in [0.4, 0.5) is 0 Å². The largest absolute Gasteiger partial charge is 0.458 e. The number of aliphatic hydroxyl groups excluding tert-OH is 1. The van der Waals surface area contributed by atoms with E-state index in [0.717, 1.165) is 0 Å². The highest BCUT2D eigenvalue weighted by Gasteiger charge is 2.48. The lowest BCUT2D eigenvalue weighted by Gasteiger charge is -2.33. The van der Waals surface area contributed by atoms with Gasteiger partial charge < -0.3 is 19.3 Å². The highest BCUT2D eigenvalue weighted by atomic mass is 16.6. The molecule has 0 aromatic carbocycles. The predicted octanol–water partition coefficient (Wildman–Crippen LogP) is 1.89. The van der Waals surface area contributed by atoms with Crippen LogP contribution in [-0.2, 0) is 28.6 Å². The van der Waals surface area contributed by atoms with Crippen molar-refractivity contribution in [1.82, 2.24) is 0 Å². The van der Waals surface area contributed by atoms with Gasteiger partial charge in [0.2, 0.25) is 0 Å². The lowest BCUT2D eigenvalue weighted by atomic mass is 9.83. The van der Waals surface area contributed by atoms with Crippen molar-refractivity contribution in [3.8, 4) is 0 Å². The first kappa shape index (κ1) is 22.0. The molecule has 1 saturated heterocycles. The molecule has 1 heterocycles. The summed E-state index contributed by atoms with van der Waals surface area (Å²) in [5, 5.41) is 9.63. The topological polar surface area (TPSA) is 99.1 Å². The standard InChI is InChI=1S/C21H28O7/c1-5-12(2)20(24)28-19-17-13(3)21(25)27-16(17)9-14(10-22)7-6-8-15(11-23)18(19)26-4/h8-9,11-12,16-19,22H,3,5-7,10H2,1-2,4H3/b14-9+,15-8-/t12-,16-,17+,18+,19+/m1/s1. The number of allylic oxidation sites excluding steroid dienone is 1. The molecule has 0 aromatic rings. The molecule has 0 amide bonds. The first-order chi connectivity index (χ1) is 13.4. The van der Waals surface area contributed by atoms with Gasteiger partial charge in [0.15, 0.2) is 0 Å². The molecule has 7 nitrogen and oxygen atoms in total. The second kappa shape index (κ2) is 9.80. The fourth-order valence-corrected chi connectivity index (χ4v) is 3.43. The molecule has 0 bridgehead atoms. The number of rotatable bonds is 6.